The lowest BCUT2D eigenvalue weighted by molar-refractivity contribution is -0.141. The molecule has 1 aromatic rings. The molecule has 1 aromatic carbocycles. The van der Waals surface area contributed by atoms with Crippen LogP contribution in [0, 0.1) is 17.6 Å². The molecule has 132 valence electrons. The Bertz CT molecular complexity index is 612. The number of amides is 1. The maximum Gasteiger partial charge on any atom is 0.233 e. The zero-order valence-electron chi connectivity index (χ0n) is 13.8. The molecule has 1 saturated heterocycles. The standard InChI is InChI=1S/C18H23F2NO3/c1-21(11-16(22)12-2-3-12)17(23)18(6-8-24-9-7-18)14-5-4-13(19)10-15(14)20/h4-5,10,12,16,22H,2-3,6-9,11H2,1H3. The first-order valence-electron chi connectivity index (χ1n) is 8.41. The van der Waals surface area contributed by atoms with Gasteiger partial charge in [-0.25, -0.2) is 8.78 Å². The molecule has 1 aliphatic heterocycles. The van der Waals surface area contributed by atoms with Gasteiger partial charge in [-0.3, -0.25) is 4.79 Å². The van der Waals surface area contributed by atoms with E-state index in [2.05, 4.69) is 0 Å². The fourth-order valence-electron chi connectivity index (χ4n) is 3.55. The molecule has 0 spiro atoms. The first-order valence-corrected chi connectivity index (χ1v) is 8.41. The lowest BCUT2D eigenvalue weighted by Gasteiger charge is -2.39. The Morgan fingerprint density at radius 3 is 2.62 bits per heavy atom. The minimum absolute atomic E-state index is 0.213. The van der Waals surface area contributed by atoms with Gasteiger partial charge in [-0.05, 0) is 37.7 Å². The molecule has 6 heteroatoms. The van der Waals surface area contributed by atoms with Crippen molar-refractivity contribution < 1.29 is 23.4 Å². The predicted octanol–water partition coefficient (Wildman–Crippen LogP) is 2.24. The molecular formula is C18H23F2NO3. The molecule has 1 unspecified atom stereocenters. The Morgan fingerprint density at radius 1 is 1.38 bits per heavy atom. The summed E-state index contributed by atoms with van der Waals surface area (Å²) in [4.78, 5) is 14.6. The zero-order chi connectivity index (χ0) is 17.3. The zero-order valence-corrected chi connectivity index (χ0v) is 13.8. The number of aliphatic hydroxyl groups is 1. The van der Waals surface area contributed by atoms with Crippen molar-refractivity contribution in [3.63, 3.8) is 0 Å². The highest BCUT2D eigenvalue weighted by Crippen LogP contribution is 2.39. The van der Waals surface area contributed by atoms with Crippen molar-refractivity contribution in [3.05, 3.63) is 35.4 Å². The fraction of sp³-hybridized carbons (Fsp3) is 0.611. The first-order chi connectivity index (χ1) is 11.4. The molecule has 1 aliphatic carbocycles. The normalized spacial score (nSPS) is 21.3. The molecule has 2 fully saturated rings. The van der Waals surface area contributed by atoms with E-state index >= 15 is 0 Å². The third-order valence-corrected chi connectivity index (χ3v) is 5.18. The molecule has 24 heavy (non-hydrogen) atoms. The van der Waals surface area contributed by atoms with Gasteiger partial charge in [0, 0.05) is 38.4 Å². The van der Waals surface area contributed by atoms with Crippen molar-refractivity contribution >= 4 is 5.91 Å². The lowest BCUT2D eigenvalue weighted by atomic mass is 9.72. The van der Waals surface area contributed by atoms with Crippen LogP contribution < -0.4 is 0 Å². The number of hydrogen-bond donors (Lipinski definition) is 1. The van der Waals surface area contributed by atoms with Crippen molar-refractivity contribution in [2.75, 3.05) is 26.8 Å². The van der Waals surface area contributed by atoms with Crippen LogP contribution in [0.5, 0.6) is 0 Å². The van der Waals surface area contributed by atoms with E-state index in [1.807, 2.05) is 0 Å². The second-order valence-corrected chi connectivity index (χ2v) is 6.91. The number of ether oxygens (including phenoxy) is 1. The number of benzene rings is 1. The molecule has 4 nitrogen and oxygen atoms in total. The van der Waals surface area contributed by atoms with Gasteiger partial charge in [0.2, 0.25) is 5.91 Å². The molecular weight excluding hydrogens is 316 g/mol. The highest BCUT2D eigenvalue weighted by molar-refractivity contribution is 5.88. The summed E-state index contributed by atoms with van der Waals surface area (Å²) in [5, 5.41) is 10.1. The third-order valence-electron chi connectivity index (χ3n) is 5.18. The van der Waals surface area contributed by atoms with Gasteiger partial charge in [0.05, 0.1) is 11.5 Å². The van der Waals surface area contributed by atoms with Gasteiger partial charge in [0.15, 0.2) is 0 Å². The fourth-order valence-corrected chi connectivity index (χ4v) is 3.55. The summed E-state index contributed by atoms with van der Waals surface area (Å²) in [6, 6.07) is 3.36. The number of rotatable bonds is 5. The van der Waals surface area contributed by atoms with E-state index < -0.39 is 23.2 Å². The van der Waals surface area contributed by atoms with Crippen LogP contribution >= 0.6 is 0 Å². The highest BCUT2D eigenvalue weighted by atomic mass is 19.1. The predicted molar refractivity (Wildman–Crippen MR) is 84.5 cm³/mol. The first kappa shape index (κ1) is 17.3. The quantitative estimate of drug-likeness (QED) is 0.895. The molecule has 1 N–H and O–H groups in total. The topological polar surface area (TPSA) is 49.8 Å². The number of carbonyl (C=O) groups is 1. The van der Waals surface area contributed by atoms with E-state index in [-0.39, 0.29) is 23.9 Å². The van der Waals surface area contributed by atoms with Crippen LogP contribution in [0.15, 0.2) is 18.2 Å². The second kappa shape index (κ2) is 6.76. The molecule has 0 aromatic heterocycles. The Hall–Kier alpha value is -1.53. The molecule has 0 bridgehead atoms. The van der Waals surface area contributed by atoms with Gasteiger partial charge in [0.25, 0.3) is 0 Å². The monoisotopic (exact) mass is 339 g/mol. The molecule has 1 heterocycles. The van der Waals surface area contributed by atoms with Crippen LogP contribution in [-0.2, 0) is 14.9 Å². The number of nitrogens with zero attached hydrogens (tertiary/aromatic N) is 1. The minimum Gasteiger partial charge on any atom is -0.391 e. The van der Waals surface area contributed by atoms with Gasteiger partial charge in [-0.2, -0.15) is 0 Å². The summed E-state index contributed by atoms with van der Waals surface area (Å²) >= 11 is 0. The van der Waals surface area contributed by atoms with Crippen LogP contribution in [-0.4, -0.2) is 48.8 Å². The summed E-state index contributed by atoms with van der Waals surface area (Å²) < 4.78 is 33.0. The molecule has 3 rings (SSSR count). The number of halogens is 2. The van der Waals surface area contributed by atoms with Gasteiger partial charge in [-0.1, -0.05) is 6.07 Å². The van der Waals surface area contributed by atoms with Gasteiger partial charge >= 0.3 is 0 Å². The van der Waals surface area contributed by atoms with E-state index in [4.69, 9.17) is 4.74 Å². The summed E-state index contributed by atoms with van der Waals surface area (Å²) in [6.07, 6.45) is 2.11. The van der Waals surface area contributed by atoms with E-state index in [0.29, 0.717) is 26.1 Å². The maximum absolute atomic E-state index is 14.4. The summed E-state index contributed by atoms with van der Waals surface area (Å²) in [5.74, 6) is -1.35. The van der Waals surface area contributed by atoms with Gasteiger partial charge in [-0.15, -0.1) is 0 Å². The average molecular weight is 339 g/mol. The third kappa shape index (κ3) is 3.30. The average Bonchev–Trinajstić information content (AvgIpc) is 3.39. The Balaban J connectivity index is 1.88. The SMILES string of the molecule is CN(CC(O)C1CC1)C(=O)C1(c2ccc(F)cc2F)CCOCC1. The number of likely N-dealkylation sites (N-methyl/N-ethyl adjacent to an activating group) is 1. The molecule has 2 aliphatic rings. The van der Waals surface area contributed by atoms with Gasteiger partial charge in [0.1, 0.15) is 11.6 Å². The highest BCUT2D eigenvalue weighted by Gasteiger charge is 2.45. The number of hydrogen-bond acceptors (Lipinski definition) is 3. The van der Waals surface area contributed by atoms with Crippen LogP contribution in [0.4, 0.5) is 8.78 Å². The van der Waals surface area contributed by atoms with Crippen molar-refractivity contribution in [3.8, 4) is 0 Å². The van der Waals surface area contributed by atoms with E-state index in [1.54, 1.807) is 7.05 Å². The largest absolute Gasteiger partial charge is 0.391 e. The van der Waals surface area contributed by atoms with Crippen LogP contribution in [0.2, 0.25) is 0 Å². The molecule has 1 amide bonds. The second-order valence-electron chi connectivity index (χ2n) is 6.91. The lowest BCUT2D eigenvalue weighted by Crippen LogP contribution is -2.50. The molecule has 0 radical (unpaired) electrons. The van der Waals surface area contributed by atoms with Gasteiger partial charge < -0.3 is 14.7 Å². The van der Waals surface area contributed by atoms with Crippen LogP contribution in [0.1, 0.15) is 31.2 Å². The number of carbonyl (C=O) groups excluding carboxylic acids is 1. The summed E-state index contributed by atoms with van der Waals surface area (Å²) in [5.41, 5.74) is -0.849. The van der Waals surface area contributed by atoms with Crippen molar-refractivity contribution in [2.24, 2.45) is 5.92 Å². The van der Waals surface area contributed by atoms with Crippen molar-refractivity contribution in [2.45, 2.75) is 37.2 Å². The van der Waals surface area contributed by atoms with Crippen LogP contribution in [0.25, 0.3) is 0 Å². The van der Waals surface area contributed by atoms with E-state index in [9.17, 15) is 18.7 Å². The van der Waals surface area contributed by atoms with E-state index in [1.165, 1.54) is 17.0 Å². The Kier molecular flexibility index (Phi) is 4.88. The van der Waals surface area contributed by atoms with Crippen molar-refractivity contribution in [1.82, 2.24) is 4.90 Å². The Morgan fingerprint density at radius 2 is 2.04 bits per heavy atom. The Labute approximate surface area is 140 Å². The molecule has 1 saturated carbocycles. The summed E-state index contributed by atoms with van der Waals surface area (Å²) in [6.45, 7) is 0.929. The van der Waals surface area contributed by atoms with Crippen LogP contribution in [0.3, 0.4) is 0 Å². The van der Waals surface area contributed by atoms with E-state index in [0.717, 1.165) is 18.9 Å². The van der Waals surface area contributed by atoms with Crippen molar-refractivity contribution in [1.29, 1.82) is 0 Å². The number of aliphatic hydroxyl groups excluding tert-OH is 1. The molecule has 1 atom stereocenters. The smallest absolute Gasteiger partial charge is 0.233 e. The summed E-state index contributed by atoms with van der Waals surface area (Å²) in [7, 11) is 1.63. The maximum atomic E-state index is 14.4. The minimum atomic E-state index is -1.06.